The molecule has 1 aromatic carbocycles. The van der Waals surface area contributed by atoms with Gasteiger partial charge in [0.05, 0.1) is 11.5 Å². The average Bonchev–Trinajstić information content (AvgIpc) is 2.55. The summed E-state index contributed by atoms with van der Waals surface area (Å²) in [4.78, 5) is 21.5. The van der Waals surface area contributed by atoms with Gasteiger partial charge in [0, 0.05) is 38.3 Å². The zero-order valence-electron chi connectivity index (χ0n) is 15.7. The van der Waals surface area contributed by atoms with Crippen molar-refractivity contribution in [3.63, 3.8) is 0 Å². The Bertz CT molecular complexity index is 554. The Hall–Kier alpha value is -2.35. The second kappa shape index (κ2) is 11.3. The zero-order chi connectivity index (χ0) is 19.4. The van der Waals surface area contributed by atoms with E-state index in [2.05, 4.69) is 5.32 Å². The van der Waals surface area contributed by atoms with Gasteiger partial charge in [-0.05, 0) is 45.7 Å². The first kappa shape index (κ1) is 21.7. The molecule has 8 heteroatoms. The Kier molecular flexibility index (Phi) is 9.43. The smallest absolute Gasteiger partial charge is 0.407 e. The fraction of sp³-hybridized carbons (Fsp3) is 0.611. The minimum Gasteiger partial charge on any atom is -0.494 e. The molecular formula is C18H28N2O6. The third-order valence-corrected chi connectivity index (χ3v) is 3.13. The molecule has 0 aromatic heterocycles. The van der Waals surface area contributed by atoms with Crippen LogP contribution in [0.5, 0.6) is 5.75 Å². The Morgan fingerprint density at radius 3 is 2.35 bits per heavy atom. The molecule has 0 saturated carbocycles. The van der Waals surface area contributed by atoms with Crippen molar-refractivity contribution in [2.75, 3.05) is 26.4 Å². The number of nitrogens with zero attached hydrogens (tertiary/aromatic N) is 1. The molecule has 0 saturated heterocycles. The van der Waals surface area contributed by atoms with Crippen LogP contribution in [0.1, 0.15) is 40.0 Å². The van der Waals surface area contributed by atoms with Crippen LogP contribution in [-0.2, 0) is 9.47 Å². The van der Waals surface area contributed by atoms with E-state index >= 15 is 0 Å². The van der Waals surface area contributed by atoms with E-state index < -0.39 is 16.6 Å². The van der Waals surface area contributed by atoms with E-state index in [9.17, 15) is 14.9 Å². The number of hydrogen-bond acceptors (Lipinski definition) is 6. The summed E-state index contributed by atoms with van der Waals surface area (Å²) in [5, 5.41) is 13.2. The average molecular weight is 368 g/mol. The van der Waals surface area contributed by atoms with Gasteiger partial charge < -0.3 is 19.5 Å². The lowest BCUT2D eigenvalue weighted by Gasteiger charge is -2.19. The highest BCUT2D eigenvalue weighted by Gasteiger charge is 2.15. The Morgan fingerprint density at radius 1 is 1.08 bits per heavy atom. The quantitative estimate of drug-likeness (QED) is 0.363. The van der Waals surface area contributed by atoms with Crippen LogP contribution in [0.15, 0.2) is 24.3 Å². The molecule has 0 aliphatic rings. The Balaban J connectivity index is 1.95. The van der Waals surface area contributed by atoms with E-state index in [1.807, 2.05) is 20.8 Å². The highest BCUT2D eigenvalue weighted by atomic mass is 16.6. The number of carbonyl (C=O) groups is 1. The zero-order valence-corrected chi connectivity index (χ0v) is 15.7. The van der Waals surface area contributed by atoms with Crippen LogP contribution in [0.3, 0.4) is 0 Å². The summed E-state index contributed by atoms with van der Waals surface area (Å²) < 4.78 is 16.1. The molecule has 26 heavy (non-hydrogen) atoms. The van der Waals surface area contributed by atoms with Crippen molar-refractivity contribution in [3.05, 3.63) is 34.4 Å². The first-order valence-electron chi connectivity index (χ1n) is 8.70. The third kappa shape index (κ3) is 10.5. The van der Waals surface area contributed by atoms with Crippen molar-refractivity contribution in [3.8, 4) is 5.75 Å². The number of nitro groups is 1. The highest BCUT2D eigenvalue weighted by Crippen LogP contribution is 2.17. The third-order valence-electron chi connectivity index (χ3n) is 3.13. The molecule has 1 rings (SSSR count). The predicted octanol–water partition coefficient (Wildman–Crippen LogP) is 3.69. The van der Waals surface area contributed by atoms with Gasteiger partial charge in [-0.1, -0.05) is 0 Å². The molecule has 146 valence electrons. The van der Waals surface area contributed by atoms with E-state index in [0.29, 0.717) is 32.1 Å². The molecular weight excluding hydrogens is 340 g/mol. The Morgan fingerprint density at radius 2 is 1.73 bits per heavy atom. The predicted molar refractivity (Wildman–Crippen MR) is 97.5 cm³/mol. The van der Waals surface area contributed by atoms with Crippen LogP contribution in [0.2, 0.25) is 0 Å². The van der Waals surface area contributed by atoms with Crippen LogP contribution in [0.4, 0.5) is 10.5 Å². The number of carbonyl (C=O) groups excluding carboxylic acids is 1. The molecule has 0 atom stereocenters. The Labute approximate surface area is 154 Å². The molecule has 1 N–H and O–H groups in total. The number of nitrogens with one attached hydrogen (secondary N) is 1. The molecule has 0 radical (unpaired) electrons. The maximum Gasteiger partial charge on any atom is 0.407 e. The monoisotopic (exact) mass is 368 g/mol. The summed E-state index contributed by atoms with van der Waals surface area (Å²) in [5.74, 6) is 0.601. The minimum absolute atomic E-state index is 0.0434. The van der Waals surface area contributed by atoms with Crippen LogP contribution in [-0.4, -0.2) is 43.0 Å². The van der Waals surface area contributed by atoms with Gasteiger partial charge >= 0.3 is 6.09 Å². The van der Waals surface area contributed by atoms with E-state index in [0.717, 1.165) is 19.3 Å². The molecule has 0 fully saturated rings. The van der Waals surface area contributed by atoms with Crippen molar-refractivity contribution < 1.29 is 23.9 Å². The molecule has 1 amide bonds. The van der Waals surface area contributed by atoms with Crippen molar-refractivity contribution in [1.29, 1.82) is 0 Å². The molecule has 0 aliphatic heterocycles. The maximum absolute atomic E-state index is 11.4. The number of benzene rings is 1. The van der Waals surface area contributed by atoms with Gasteiger partial charge in [-0.15, -0.1) is 0 Å². The molecule has 1 aromatic rings. The first-order valence-corrected chi connectivity index (χ1v) is 8.70. The molecule has 0 unspecified atom stereocenters. The van der Waals surface area contributed by atoms with Gasteiger partial charge in [0.25, 0.3) is 5.69 Å². The topological polar surface area (TPSA) is 99.9 Å². The standard InChI is InChI=1S/C18H28N2O6/c1-18(2,3)26-17(21)19-11-4-5-12-24-13-6-14-25-16-9-7-15(8-10-16)20(22)23/h7-10H,4-6,11-14H2,1-3H3,(H,19,21). The van der Waals surface area contributed by atoms with Gasteiger partial charge in [0.2, 0.25) is 0 Å². The normalized spacial score (nSPS) is 11.0. The minimum atomic E-state index is -0.482. The highest BCUT2D eigenvalue weighted by molar-refractivity contribution is 5.67. The lowest BCUT2D eigenvalue weighted by molar-refractivity contribution is -0.384. The van der Waals surface area contributed by atoms with E-state index in [1.54, 1.807) is 12.1 Å². The summed E-state index contributed by atoms with van der Waals surface area (Å²) in [6, 6.07) is 5.99. The number of ether oxygens (including phenoxy) is 3. The summed E-state index contributed by atoms with van der Waals surface area (Å²) >= 11 is 0. The van der Waals surface area contributed by atoms with E-state index in [-0.39, 0.29) is 5.69 Å². The fourth-order valence-corrected chi connectivity index (χ4v) is 1.95. The van der Waals surface area contributed by atoms with Gasteiger partial charge in [0.15, 0.2) is 0 Å². The number of hydrogen-bond donors (Lipinski definition) is 1. The van der Waals surface area contributed by atoms with E-state index in [1.165, 1.54) is 12.1 Å². The van der Waals surface area contributed by atoms with Gasteiger partial charge in [0.1, 0.15) is 11.4 Å². The fourth-order valence-electron chi connectivity index (χ4n) is 1.95. The molecule has 0 heterocycles. The number of unbranched alkanes of at least 4 members (excludes halogenated alkanes) is 1. The van der Waals surface area contributed by atoms with Gasteiger partial charge in [-0.25, -0.2) is 4.79 Å². The summed E-state index contributed by atoms with van der Waals surface area (Å²) in [6.45, 7) is 7.71. The van der Waals surface area contributed by atoms with Crippen LogP contribution in [0, 0.1) is 10.1 Å². The summed E-state index contributed by atoms with van der Waals surface area (Å²) in [6.07, 6.45) is 1.99. The van der Waals surface area contributed by atoms with E-state index in [4.69, 9.17) is 14.2 Å². The van der Waals surface area contributed by atoms with Crippen molar-refractivity contribution in [2.45, 2.75) is 45.6 Å². The second-order valence-electron chi connectivity index (χ2n) is 6.70. The number of non-ortho nitro benzene ring substituents is 1. The second-order valence-corrected chi connectivity index (χ2v) is 6.70. The van der Waals surface area contributed by atoms with Gasteiger partial charge in [-0.2, -0.15) is 0 Å². The molecule has 8 nitrogen and oxygen atoms in total. The lowest BCUT2D eigenvalue weighted by Crippen LogP contribution is -2.33. The van der Waals surface area contributed by atoms with Crippen molar-refractivity contribution in [1.82, 2.24) is 5.32 Å². The first-order chi connectivity index (χ1) is 12.3. The lowest BCUT2D eigenvalue weighted by atomic mass is 10.2. The summed E-state index contributed by atoms with van der Waals surface area (Å²) in [7, 11) is 0. The SMILES string of the molecule is CC(C)(C)OC(=O)NCCCCOCCCOc1ccc([N+](=O)[O-])cc1. The maximum atomic E-state index is 11.4. The number of nitro benzene ring substituents is 1. The number of rotatable bonds is 11. The van der Waals surface area contributed by atoms with Crippen LogP contribution in [0.25, 0.3) is 0 Å². The van der Waals surface area contributed by atoms with Crippen LogP contribution >= 0.6 is 0 Å². The van der Waals surface area contributed by atoms with Crippen molar-refractivity contribution in [2.24, 2.45) is 0 Å². The molecule has 0 spiro atoms. The van der Waals surface area contributed by atoms with Crippen molar-refractivity contribution >= 4 is 11.8 Å². The molecule has 0 bridgehead atoms. The number of alkyl carbamates (subject to hydrolysis) is 1. The molecule has 0 aliphatic carbocycles. The van der Waals surface area contributed by atoms with Crippen LogP contribution < -0.4 is 10.1 Å². The van der Waals surface area contributed by atoms with Gasteiger partial charge in [-0.3, -0.25) is 10.1 Å². The largest absolute Gasteiger partial charge is 0.494 e. The number of amides is 1. The summed E-state index contributed by atoms with van der Waals surface area (Å²) in [5.41, 5.74) is -0.439.